The van der Waals surface area contributed by atoms with Gasteiger partial charge in [0, 0.05) is 48.6 Å². The van der Waals surface area contributed by atoms with Crippen molar-refractivity contribution in [2.75, 3.05) is 26.4 Å². The summed E-state index contributed by atoms with van der Waals surface area (Å²) < 4.78 is 32.1. The number of hydrogen-bond donors (Lipinski definition) is 0. The zero-order valence-corrected chi connectivity index (χ0v) is 38.6. The van der Waals surface area contributed by atoms with Gasteiger partial charge in [0.25, 0.3) is 0 Å². The largest absolute Gasteiger partial charge is 0.374 e. The number of fused-ring (bicyclic) bond motifs is 10. The van der Waals surface area contributed by atoms with Crippen LogP contribution in [0.3, 0.4) is 0 Å². The van der Waals surface area contributed by atoms with Crippen molar-refractivity contribution in [2.45, 2.75) is 183 Å². The predicted octanol–water partition coefficient (Wildman–Crippen LogP) is 15.1. The first-order valence-electron chi connectivity index (χ1n) is 23.9. The van der Waals surface area contributed by atoms with Crippen molar-refractivity contribution in [1.82, 2.24) is 19.1 Å². The maximum atomic E-state index is 6.83. The average molecular weight is 823 g/mol. The molecule has 4 unspecified atom stereocenters. The van der Waals surface area contributed by atoms with Crippen LogP contribution in [0.15, 0.2) is 36.4 Å². The van der Waals surface area contributed by atoms with E-state index in [0.29, 0.717) is 26.4 Å². The van der Waals surface area contributed by atoms with Crippen molar-refractivity contribution >= 4 is 46.4 Å². The summed E-state index contributed by atoms with van der Waals surface area (Å²) in [5, 5.41) is 0. The minimum absolute atomic E-state index is 0.171. The van der Waals surface area contributed by atoms with Gasteiger partial charge in [-0.3, -0.25) is 0 Å². The Morgan fingerprint density at radius 3 is 1.13 bits per heavy atom. The second-order valence-electron chi connectivity index (χ2n) is 16.9. The molecule has 5 heterocycles. The molecule has 0 aromatic carbocycles. The van der Waals surface area contributed by atoms with Crippen LogP contribution >= 0.6 is 0 Å². The van der Waals surface area contributed by atoms with Crippen LogP contribution in [-0.2, 0) is 18.9 Å². The highest BCUT2D eigenvalue weighted by atomic mass is 16.5. The Bertz CT molecular complexity index is 1840. The van der Waals surface area contributed by atoms with Gasteiger partial charge in [-0.05, 0) is 114 Å². The molecule has 0 aliphatic carbocycles. The Morgan fingerprint density at radius 2 is 0.783 bits per heavy atom. The minimum atomic E-state index is -0.260. The van der Waals surface area contributed by atoms with E-state index < -0.39 is 0 Å². The molecule has 2 aliphatic heterocycles. The molecule has 0 radical (unpaired) electrons. The predicted molar refractivity (Wildman–Crippen MR) is 253 cm³/mol. The number of ether oxygens (including phenoxy) is 4. The molecule has 0 N–H and O–H groups in total. The number of rotatable bonds is 28. The van der Waals surface area contributed by atoms with E-state index in [4.69, 9.17) is 28.9 Å². The second-order valence-corrected chi connectivity index (χ2v) is 16.9. The fraction of sp³-hybridized carbons (Fsp3) is 0.615. The number of hydrogen-bond acceptors (Lipinski definition) is 6. The Hall–Kier alpha value is -3.56. The number of aromatic nitrogens is 4. The Labute approximate surface area is 362 Å². The van der Waals surface area contributed by atoms with Crippen LogP contribution in [-0.4, -0.2) is 45.5 Å². The van der Waals surface area contributed by atoms with Gasteiger partial charge in [0.1, 0.15) is 12.5 Å². The smallest absolute Gasteiger partial charge is 0.131 e. The van der Waals surface area contributed by atoms with E-state index in [1.807, 2.05) is 0 Å². The van der Waals surface area contributed by atoms with Gasteiger partial charge in [-0.2, -0.15) is 0 Å². The molecule has 8 nitrogen and oxygen atoms in total. The maximum Gasteiger partial charge on any atom is 0.131 e. The lowest BCUT2D eigenvalue weighted by molar-refractivity contribution is 0.0170. The molecule has 0 saturated carbocycles. The molecule has 8 heteroatoms. The molecule has 0 spiro atoms. The lowest BCUT2D eigenvalue weighted by Crippen LogP contribution is -2.15. The van der Waals surface area contributed by atoms with Gasteiger partial charge in [-0.15, -0.1) is 0 Å². The van der Waals surface area contributed by atoms with Gasteiger partial charge in [0.2, 0.25) is 0 Å². The lowest BCUT2D eigenvalue weighted by Gasteiger charge is -2.23. The standard InChI is InChI=1S/C52H78N4O4/c1-9-13-17-21-33-57-39(5)47-37-45-29-25-43-27-31-49(53-43)50-32-28-44(54-50)26-30-46-38-48(40(6)58-34-22-18-14-10-2)52(56(46)42(8)60-36-24-20-16-12-4)51(47)55(45)41(7)59-35-23-19-15-11-3/h25-32,37-42H,9-24,33-36H2,1-8H3. The molecule has 5 rings (SSSR count). The summed E-state index contributed by atoms with van der Waals surface area (Å²) >= 11 is 0. The third-order valence-corrected chi connectivity index (χ3v) is 11.9. The van der Waals surface area contributed by atoms with Gasteiger partial charge >= 0.3 is 0 Å². The number of nitrogens with zero attached hydrogens (tertiary/aromatic N) is 4. The van der Waals surface area contributed by atoms with E-state index in [-0.39, 0.29) is 24.7 Å². The van der Waals surface area contributed by atoms with Gasteiger partial charge in [0.15, 0.2) is 0 Å². The average Bonchev–Trinajstić information content (AvgIpc) is 4.06. The molecule has 0 fully saturated rings. The van der Waals surface area contributed by atoms with Crippen molar-refractivity contribution in [3.05, 3.63) is 70.3 Å². The summed E-state index contributed by atoms with van der Waals surface area (Å²) in [7, 11) is 0. The Morgan fingerprint density at radius 1 is 0.433 bits per heavy atom. The van der Waals surface area contributed by atoms with Crippen molar-refractivity contribution in [3.8, 4) is 0 Å². The monoisotopic (exact) mass is 823 g/mol. The van der Waals surface area contributed by atoms with Crippen molar-refractivity contribution in [3.63, 3.8) is 0 Å². The Balaban J connectivity index is 1.84. The fourth-order valence-corrected chi connectivity index (χ4v) is 8.33. The van der Waals surface area contributed by atoms with Crippen LogP contribution in [0.1, 0.15) is 217 Å². The van der Waals surface area contributed by atoms with Gasteiger partial charge in [-0.25, -0.2) is 9.97 Å². The van der Waals surface area contributed by atoms with Crippen LogP contribution < -0.4 is 0 Å². The van der Waals surface area contributed by atoms with Crippen LogP contribution in [0.2, 0.25) is 0 Å². The van der Waals surface area contributed by atoms with Crippen LogP contribution in [0, 0.1) is 0 Å². The summed E-state index contributed by atoms with van der Waals surface area (Å²) in [6.07, 6.45) is 25.9. The molecule has 8 bridgehead atoms. The van der Waals surface area contributed by atoms with E-state index in [1.165, 1.54) is 64.2 Å². The Kier molecular flexibility index (Phi) is 20.1. The van der Waals surface area contributed by atoms with Crippen LogP contribution in [0.5, 0.6) is 0 Å². The van der Waals surface area contributed by atoms with Crippen LogP contribution in [0.25, 0.3) is 46.4 Å². The first-order chi connectivity index (χ1) is 29.3. The topological polar surface area (TPSA) is 72.6 Å². The normalized spacial score (nSPS) is 14.5. The first-order valence-corrected chi connectivity index (χ1v) is 23.9. The number of unbranched alkanes of at least 4 members (excludes halogenated alkanes) is 12. The van der Waals surface area contributed by atoms with Crippen molar-refractivity contribution in [1.29, 1.82) is 0 Å². The molecule has 60 heavy (non-hydrogen) atoms. The summed E-state index contributed by atoms with van der Waals surface area (Å²) in [5.74, 6) is 0. The van der Waals surface area contributed by atoms with Gasteiger partial charge in [0.05, 0.1) is 46.0 Å². The zero-order valence-electron chi connectivity index (χ0n) is 38.6. The minimum Gasteiger partial charge on any atom is -0.374 e. The molecule has 0 amide bonds. The van der Waals surface area contributed by atoms with E-state index in [2.05, 4.69) is 125 Å². The fourth-order valence-electron chi connectivity index (χ4n) is 8.33. The highest BCUT2D eigenvalue weighted by molar-refractivity contribution is 5.90. The molecule has 3 aromatic rings. The third-order valence-electron chi connectivity index (χ3n) is 11.9. The van der Waals surface area contributed by atoms with Crippen molar-refractivity contribution in [2.24, 2.45) is 0 Å². The SMILES string of the molecule is CCCCCCOC(C)c1cc2ccc3nc(c4nc(ccc5cc(C(C)OCCCCCC)c(c1n2C(C)OCCCCCC)n5C(C)OCCCCCC)C=C4)C=C3. The molecular formula is C52H78N4O4. The van der Waals surface area contributed by atoms with E-state index in [9.17, 15) is 0 Å². The summed E-state index contributed by atoms with van der Waals surface area (Å²) in [4.78, 5) is 9.98. The highest BCUT2D eigenvalue weighted by Crippen LogP contribution is 2.39. The molecule has 330 valence electrons. The summed E-state index contributed by atoms with van der Waals surface area (Å²) in [6.45, 7) is 20.7. The maximum absolute atomic E-state index is 6.83. The quantitative estimate of drug-likeness (QED) is 0.0468. The first kappa shape index (κ1) is 47.5. The molecule has 0 saturated heterocycles. The molecular weight excluding hydrogens is 745 g/mol. The molecule has 2 aliphatic rings. The van der Waals surface area contributed by atoms with Crippen molar-refractivity contribution < 1.29 is 18.9 Å². The third kappa shape index (κ3) is 13.2. The zero-order chi connectivity index (χ0) is 42.7. The second kappa shape index (κ2) is 25.4. The van der Waals surface area contributed by atoms with Gasteiger partial charge < -0.3 is 28.1 Å². The lowest BCUT2D eigenvalue weighted by atomic mass is 10.1. The summed E-state index contributed by atoms with van der Waals surface area (Å²) in [5.41, 5.74) is 10.1. The van der Waals surface area contributed by atoms with Crippen LogP contribution in [0.4, 0.5) is 0 Å². The van der Waals surface area contributed by atoms with E-state index >= 15 is 0 Å². The highest BCUT2D eigenvalue weighted by Gasteiger charge is 2.26. The van der Waals surface area contributed by atoms with E-state index in [0.717, 1.165) is 94.5 Å². The van der Waals surface area contributed by atoms with Gasteiger partial charge in [-0.1, -0.05) is 105 Å². The molecule has 3 aromatic heterocycles. The summed E-state index contributed by atoms with van der Waals surface area (Å²) in [6, 6.07) is 13.3. The molecule has 4 atom stereocenters. The van der Waals surface area contributed by atoms with E-state index in [1.54, 1.807) is 0 Å².